The lowest BCUT2D eigenvalue weighted by molar-refractivity contribution is -0.128. The van der Waals surface area contributed by atoms with Crippen LogP contribution in [0, 0.1) is 0 Å². The summed E-state index contributed by atoms with van der Waals surface area (Å²) in [7, 11) is 0. The van der Waals surface area contributed by atoms with Crippen LogP contribution in [0.2, 0.25) is 5.02 Å². The number of rotatable bonds is 6. The zero-order chi connectivity index (χ0) is 21.8. The molecule has 1 amide bonds. The van der Waals surface area contributed by atoms with Crippen molar-refractivity contribution in [2.24, 2.45) is 0 Å². The topological polar surface area (TPSA) is 77.7 Å². The maximum atomic E-state index is 12.9. The van der Waals surface area contributed by atoms with Crippen molar-refractivity contribution in [1.29, 1.82) is 0 Å². The van der Waals surface area contributed by atoms with Gasteiger partial charge >= 0.3 is 0 Å². The van der Waals surface area contributed by atoms with Crippen molar-refractivity contribution in [3.05, 3.63) is 65.0 Å². The van der Waals surface area contributed by atoms with Crippen LogP contribution < -0.4 is 9.47 Å². The number of carbonyl (C=O) groups excluding carboxylic acids is 1. The summed E-state index contributed by atoms with van der Waals surface area (Å²) in [5.41, 5.74) is 1.50. The van der Waals surface area contributed by atoms with Crippen LogP contribution in [-0.2, 0) is 11.3 Å². The highest BCUT2D eigenvalue weighted by molar-refractivity contribution is 6.33. The molecule has 0 bridgehead atoms. The van der Waals surface area contributed by atoms with Crippen LogP contribution in [0.5, 0.6) is 11.5 Å². The van der Waals surface area contributed by atoms with E-state index in [2.05, 4.69) is 10.2 Å². The lowest BCUT2D eigenvalue weighted by Gasteiger charge is -2.23. The van der Waals surface area contributed by atoms with Gasteiger partial charge in [-0.25, -0.2) is 0 Å². The minimum absolute atomic E-state index is 0.0620. The van der Waals surface area contributed by atoms with Crippen LogP contribution in [0.3, 0.4) is 0 Å². The first-order chi connectivity index (χ1) is 15.0. The molecule has 0 fully saturated rings. The third-order valence-corrected chi connectivity index (χ3v) is 5.10. The van der Waals surface area contributed by atoms with Crippen molar-refractivity contribution in [1.82, 2.24) is 15.1 Å². The van der Waals surface area contributed by atoms with Gasteiger partial charge in [-0.2, -0.15) is 0 Å². The lowest BCUT2D eigenvalue weighted by Crippen LogP contribution is -2.35. The number of nitrogens with zero attached hydrogens (tertiary/aromatic N) is 3. The molecule has 8 heteroatoms. The number of amides is 1. The second kappa shape index (κ2) is 9.22. The number of aromatic nitrogens is 2. The second-order valence-electron chi connectivity index (χ2n) is 7.28. The van der Waals surface area contributed by atoms with E-state index in [9.17, 15) is 4.79 Å². The van der Waals surface area contributed by atoms with Gasteiger partial charge in [0.25, 0.3) is 0 Å². The Hall–Kier alpha value is -3.32. The molecule has 4 rings (SSSR count). The quantitative estimate of drug-likeness (QED) is 0.522. The van der Waals surface area contributed by atoms with Crippen molar-refractivity contribution >= 4 is 23.6 Å². The summed E-state index contributed by atoms with van der Waals surface area (Å²) in [6.45, 7) is 5.11. The van der Waals surface area contributed by atoms with Gasteiger partial charge in [0.1, 0.15) is 13.2 Å². The second-order valence-corrected chi connectivity index (χ2v) is 7.68. The van der Waals surface area contributed by atoms with Crippen molar-refractivity contribution in [3.8, 4) is 23.0 Å². The van der Waals surface area contributed by atoms with Crippen molar-refractivity contribution in [2.75, 3.05) is 13.2 Å². The lowest BCUT2D eigenvalue weighted by atomic mass is 10.1. The minimum Gasteiger partial charge on any atom is -0.486 e. The molecule has 0 spiro atoms. The van der Waals surface area contributed by atoms with Gasteiger partial charge in [-0.3, -0.25) is 4.79 Å². The van der Waals surface area contributed by atoms with Crippen LogP contribution in [-0.4, -0.2) is 40.3 Å². The standard InChI is InChI=1S/C23H22ClN3O4/c1-15(2)27(14-21-25-26-23(31-21)17-5-3-4-6-18(17)24)22(28)10-8-16-7-9-19-20(13-16)30-12-11-29-19/h3-10,13,15H,11-12,14H2,1-2H3/b10-8+. The van der Waals surface area contributed by atoms with E-state index in [1.54, 1.807) is 23.1 Å². The first kappa shape index (κ1) is 20.9. The molecule has 0 saturated carbocycles. The summed E-state index contributed by atoms with van der Waals surface area (Å²) >= 11 is 6.20. The largest absolute Gasteiger partial charge is 0.486 e. The van der Waals surface area contributed by atoms with Crippen LogP contribution >= 0.6 is 11.6 Å². The van der Waals surface area contributed by atoms with Crippen LogP contribution in [0.4, 0.5) is 0 Å². The summed E-state index contributed by atoms with van der Waals surface area (Å²) in [6, 6.07) is 12.8. The number of hydrogen-bond donors (Lipinski definition) is 0. The number of halogens is 1. The van der Waals surface area contributed by atoms with E-state index in [4.69, 9.17) is 25.5 Å². The van der Waals surface area contributed by atoms with Gasteiger partial charge in [-0.05, 0) is 49.8 Å². The van der Waals surface area contributed by atoms with Gasteiger partial charge in [0, 0.05) is 12.1 Å². The zero-order valence-electron chi connectivity index (χ0n) is 17.2. The Labute approximate surface area is 185 Å². The van der Waals surface area contributed by atoms with E-state index in [1.165, 1.54) is 6.08 Å². The maximum Gasteiger partial charge on any atom is 0.249 e. The molecular weight excluding hydrogens is 418 g/mol. The van der Waals surface area contributed by atoms with Crippen molar-refractivity contribution in [2.45, 2.75) is 26.4 Å². The highest BCUT2D eigenvalue weighted by Gasteiger charge is 2.20. The molecule has 0 unspecified atom stereocenters. The first-order valence-electron chi connectivity index (χ1n) is 9.97. The number of carbonyl (C=O) groups is 1. The van der Waals surface area contributed by atoms with Gasteiger partial charge in [0.15, 0.2) is 11.5 Å². The third kappa shape index (κ3) is 4.88. The molecule has 160 valence electrons. The summed E-state index contributed by atoms with van der Waals surface area (Å²) < 4.78 is 16.9. The van der Waals surface area contributed by atoms with Gasteiger partial charge < -0.3 is 18.8 Å². The van der Waals surface area contributed by atoms with Crippen molar-refractivity contribution < 1.29 is 18.7 Å². The molecule has 1 aromatic heterocycles. The SMILES string of the molecule is CC(C)N(Cc1nnc(-c2ccccc2Cl)o1)C(=O)/C=C/c1ccc2c(c1)OCCO2. The third-order valence-electron chi connectivity index (χ3n) is 4.77. The van der Waals surface area contributed by atoms with Crippen LogP contribution in [0.15, 0.2) is 53.0 Å². The molecule has 31 heavy (non-hydrogen) atoms. The van der Waals surface area contributed by atoms with E-state index in [0.717, 1.165) is 5.56 Å². The fourth-order valence-electron chi connectivity index (χ4n) is 3.15. The fraction of sp³-hybridized carbons (Fsp3) is 0.261. The Morgan fingerprint density at radius 2 is 1.90 bits per heavy atom. The zero-order valence-corrected chi connectivity index (χ0v) is 18.0. The summed E-state index contributed by atoms with van der Waals surface area (Å²) in [5, 5.41) is 8.68. The van der Waals surface area contributed by atoms with Crippen LogP contribution in [0.25, 0.3) is 17.5 Å². The Bertz CT molecular complexity index is 1110. The van der Waals surface area contributed by atoms with E-state index in [0.29, 0.717) is 47.1 Å². The molecule has 2 heterocycles. The predicted molar refractivity (Wildman–Crippen MR) is 117 cm³/mol. The monoisotopic (exact) mass is 439 g/mol. The first-order valence-corrected chi connectivity index (χ1v) is 10.3. The van der Waals surface area contributed by atoms with Gasteiger partial charge in [0.2, 0.25) is 17.7 Å². The highest BCUT2D eigenvalue weighted by Crippen LogP contribution is 2.31. The number of ether oxygens (including phenoxy) is 2. The molecule has 0 saturated heterocycles. The molecular formula is C23H22ClN3O4. The molecule has 3 aromatic rings. The number of benzene rings is 2. The Kier molecular flexibility index (Phi) is 6.23. The molecule has 2 aromatic carbocycles. The molecule has 0 atom stereocenters. The van der Waals surface area contributed by atoms with E-state index < -0.39 is 0 Å². The van der Waals surface area contributed by atoms with E-state index >= 15 is 0 Å². The smallest absolute Gasteiger partial charge is 0.249 e. The molecule has 1 aliphatic rings. The Morgan fingerprint density at radius 1 is 1.13 bits per heavy atom. The molecule has 1 aliphatic heterocycles. The molecule has 0 N–H and O–H groups in total. The highest BCUT2D eigenvalue weighted by atomic mass is 35.5. The fourth-order valence-corrected chi connectivity index (χ4v) is 3.37. The summed E-state index contributed by atoms with van der Waals surface area (Å²) in [5.74, 6) is 1.89. The molecule has 0 aliphatic carbocycles. The number of fused-ring (bicyclic) bond motifs is 1. The average molecular weight is 440 g/mol. The predicted octanol–water partition coefficient (Wildman–Crippen LogP) is 4.61. The van der Waals surface area contributed by atoms with E-state index in [1.807, 2.05) is 44.2 Å². The summed E-state index contributed by atoms with van der Waals surface area (Å²) in [6.07, 6.45) is 3.27. The molecule has 7 nitrogen and oxygen atoms in total. The Balaban J connectivity index is 1.47. The van der Waals surface area contributed by atoms with E-state index in [-0.39, 0.29) is 18.5 Å². The van der Waals surface area contributed by atoms with Gasteiger partial charge in [-0.15, -0.1) is 10.2 Å². The van der Waals surface area contributed by atoms with Gasteiger partial charge in [0.05, 0.1) is 17.1 Å². The Morgan fingerprint density at radius 3 is 2.68 bits per heavy atom. The van der Waals surface area contributed by atoms with Gasteiger partial charge in [-0.1, -0.05) is 29.8 Å². The molecule has 0 radical (unpaired) electrons. The minimum atomic E-state index is -0.164. The maximum absolute atomic E-state index is 12.9. The average Bonchev–Trinajstić information content (AvgIpc) is 3.24. The number of hydrogen-bond acceptors (Lipinski definition) is 6. The van der Waals surface area contributed by atoms with Crippen molar-refractivity contribution in [3.63, 3.8) is 0 Å². The van der Waals surface area contributed by atoms with Crippen LogP contribution in [0.1, 0.15) is 25.3 Å². The summed E-state index contributed by atoms with van der Waals surface area (Å²) in [4.78, 5) is 14.5. The normalized spacial score (nSPS) is 13.0.